The normalized spacial score (nSPS) is 11.0. The Morgan fingerprint density at radius 2 is 1.87 bits per heavy atom. The Morgan fingerprint density at radius 1 is 1.06 bits per heavy atom. The summed E-state index contributed by atoms with van der Waals surface area (Å²) >= 11 is 1.32. The topological polar surface area (TPSA) is 72.4 Å². The largest absolute Gasteiger partial charge is 0.456 e. The van der Waals surface area contributed by atoms with Crippen molar-refractivity contribution >= 4 is 51.0 Å². The number of ether oxygens (including phenoxy) is 1. The molecule has 0 bridgehead atoms. The fourth-order valence-corrected chi connectivity index (χ4v) is 3.95. The highest BCUT2D eigenvalue weighted by Gasteiger charge is 2.17. The zero-order valence-corrected chi connectivity index (χ0v) is 17.6. The maximum absolute atomic E-state index is 12.2. The molecule has 154 valence electrons. The first-order valence-corrected chi connectivity index (χ1v) is 10.5. The van der Waals surface area contributed by atoms with Gasteiger partial charge in [0.2, 0.25) is 5.91 Å². The lowest BCUT2D eigenvalue weighted by atomic mass is 10.1. The molecule has 4 aromatic rings. The van der Waals surface area contributed by atoms with E-state index in [9.17, 15) is 9.59 Å². The van der Waals surface area contributed by atoms with Crippen LogP contribution in [0.1, 0.15) is 18.2 Å². The number of para-hydroxylation sites is 2. The van der Waals surface area contributed by atoms with E-state index >= 15 is 0 Å². The van der Waals surface area contributed by atoms with E-state index in [1.807, 2.05) is 60.7 Å². The fraction of sp³-hybridized carbons (Fsp3) is 0.0833. The van der Waals surface area contributed by atoms with Gasteiger partial charge in [-0.05, 0) is 24.3 Å². The second-order valence-corrected chi connectivity index (χ2v) is 7.51. The second kappa shape index (κ2) is 9.32. The number of carbonyl (C=O) groups excluding carboxylic acids is 2. The monoisotopic (exact) mass is 429 g/mol. The number of esters is 1. The third kappa shape index (κ3) is 4.84. The van der Waals surface area contributed by atoms with E-state index in [1.54, 1.807) is 17.7 Å². The third-order valence-corrected chi connectivity index (χ3v) is 5.36. The summed E-state index contributed by atoms with van der Waals surface area (Å²) in [6.45, 7) is 1.51. The van der Waals surface area contributed by atoms with Gasteiger partial charge in [0, 0.05) is 35.5 Å². The van der Waals surface area contributed by atoms with E-state index in [0.717, 1.165) is 22.2 Å². The van der Waals surface area contributed by atoms with Gasteiger partial charge in [0.1, 0.15) is 6.61 Å². The highest BCUT2D eigenvalue weighted by molar-refractivity contribution is 7.14. The second-order valence-electron chi connectivity index (χ2n) is 6.67. The van der Waals surface area contributed by atoms with E-state index < -0.39 is 5.97 Å². The zero-order chi connectivity index (χ0) is 21.6. The highest BCUT2D eigenvalue weighted by atomic mass is 32.1. The molecular formula is C24H19N3O3S. The van der Waals surface area contributed by atoms with E-state index in [-0.39, 0.29) is 12.5 Å². The minimum atomic E-state index is -0.478. The Morgan fingerprint density at radius 3 is 2.68 bits per heavy atom. The number of hydrogen-bond acceptors (Lipinski definition) is 6. The molecular weight excluding hydrogens is 410 g/mol. The first-order valence-electron chi connectivity index (χ1n) is 9.60. The number of nitrogens with zero attached hydrogens (tertiary/aromatic N) is 3. The van der Waals surface area contributed by atoms with Gasteiger partial charge >= 0.3 is 5.97 Å². The maximum Gasteiger partial charge on any atom is 0.331 e. The molecule has 0 atom stereocenters. The predicted octanol–water partition coefficient (Wildman–Crippen LogP) is 5.13. The van der Waals surface area contributed by atoms with Gasteiger partial charge in [-0.2, -0.15) is 0 Å². The summed E-state index contributed by atoms with van der Waals surface area (Å²) < 4.78 is 5.32. The van der Waals surface area contributed by atoms with Crippen molar-refractivity contribution in [2.24, 2.45) is 0 Å². The molecule has 7 heteroatoms. The number of aromatic nitrogens is 2. The Bertz CT molecular complexity index is 1250. The Labute approximate surface area is 183 Å². The lowest BCUT2D eigenvalue weighted by molar-refractivity contribution is -0.139. The van der Waals surface area contributed by atoms with Crippen molar-refractivity contribution in [3.05, 3.63) is 89.6 Å². The Hall–Kier alpha value is -3.84. The van der Waals surface area contributed by atoms with Gasteiger partial charge in [-0.1, -0.05) is 42.5 Å². The van der Waals surface area contributed by atoms with Gasteiger partial charge in [-0.15, -0.1) is 11.3 Å². The molecule has 1 amide bonds. The molecule has 2 aromatic heterocycles. The van der Waals surface area contributed by atoms with Crippen molar-refractivity contribution < 1.29 is 14.3 Å². The van der Waals surface area contributed by atoms with Crippen molar-refractivity contribution in [2.75, 3.05) is 4.90 Å². The molecule has 0 saturated heterocycles. The molecule has 2 aromatic carbocycles. The molecule has 4 rings (SSSR count). The van der Waals surface area contributed by atoms with Gasteiger partial charge in [0.25, 0.3) is 0 Å². The molecule has 2 heterocycles. The van der Waals surface area contributed by atoms with Gasteiger partial charge < -0.3 is 4.74 Å². The van der Waals surface area contributed by atoms with Crippen LogP contribution in [-0.4, -0.2) is 21.8 Å². The minimum absolute atomic E-state index is 0.0218. The number of anilines is 2. The van der Waals surface area contributed by atoms with Gasteiger partial charge in [-0.3, -0.25) is 14.7 Å². The van der Waals surface area contributed by atoms with Crippen LogP contribution < -0.4 is 4.90 Å². The predicted molar refractivity (Wildman–Crippen MR) is 122 cm³/mol. The zero-order valence-electron chi connectivity index (χ0n) is 16.8. The number of fused-ring (bicyclic) bond motifs is 1. The molecule has 0 aliphatic heterocycles. The summed E-state index contributed by atoms with van der Waals surface area (Å²) in [4.78, 5) is 34.7. The smallest absolute Gasteiger partial charge is 0.331 e. The summed E-state index contributed by atoms with van der Waals surface area (Å²) in [5.74, 6) is -0.621. The van der Waals surface area contributed by atoms with Crippen LogP contribution in [0.25, 0.3) is 17.0 Å². The van der Waals surface area contributed by atoms with E-state index in [1.165, 1.54) is 29.2 Å². The van der Waals surface area contributed by atoms with E-state index in [0.29, 0.717) is 10.8 Å². The Kier molecular flexibility index (Phi) is 6.14. The van der Waals surface area contributed by atoms with Crippen molar-refractivity contribution in [3.63, 3.8) is 0 Å². The van der Waals surface area contributed by atoms with Gasteiger partial charge in [0.05, 0.1) is 16.9 Å². The molecule has 0 radical (unpaired) electrons. The fourth-order valence-electron chi connectivity index (χ4n) is 3.08. The lowest BCUT2D eigenvalue weighted by Gasteiger charge is -2.17. The minimum Gasteiger partial charge on any atom is -0.456 e. The average molecular weight is 430 g/mol. The summed E-state index contributed by atoms with van der Waals surface area (Å²) in [6.07, 6.45) is 4.79. The van der Waals surface area contributed by atoms with Crippen molar-refractivity contribution in [2.45, 2.75) is 13.5 Å². The third-order valence-electron chi connectivity index (χ3n) is 4.49. The molecule has 0 fully saturated rings. The van der Waals surface area contributed by atoms with Crippen molar-refractivity contribution in [1.29, 1.82) is 0 Å². The number of benzene rings is 2. The van der Waals surface area contributed by atoms with E-state index in [2.05, 4.69) is 9.97 Å². The van der Waals surface area contributed by atoms with Gasteiger partial charge in [0.15, 0.2) is 5.13 Å². The molecule has 31 heavy (non-hydrogen) atoms. The summed E-state index contributed by atoms with van der Waals surface area (Å²) in [5.41, 5.74) is 2.98. The summed E-state index contributed by atoms with van der Waals surface area (Å²) in [7, 11) is 0. The molecule has 0 aliphatic carbocycles. The Balaban J connectivity index is 1.42. The molecule has 0 saturated carbocycles. The SMILES string of the molecule is CC(=O)N(c1ccccc1)c1nc(COC(=O)/C=C/c2cccc3cccnc23)cs1. The van der Waals surface area contributed by atoms with Crippen LogP contribution in [0.5, 0.6) is 0 Å². The molecule has 6 nitrogen and oxygen atoms in total. The average Bonchev–Trinajstić information content (AvgIpc) is 3.25. The van der Waals surface area contributed by atoms with Crippen LogP contribution in [-0.2, 0) is 20.9 Å². The summed E-state index contributed by atoms with van der Waals surface area (Å²) in [6, 6.07) is 18.9. The van der Waals surface area contributed by atoms with Crippen LogP contribution >= 0.6 is 11.3 Å². The van der Waals surface area contributed by atoms with Crippen molar-refractivity contribution in [1.82, 2.24) is 9.97 Å². The molecule has 0 aliphatic rings. The number of hydrogen-bond donors (Lipinski definition) is 0. The molecule has 0 spiro atoms. The van der Waals surface area contributed by atoms with Crippen LogP contribution in [0.4, 0.5) is 10.8 Å². The van der Waals surface area contributed by atoms with Crippen LogP contribution in [0.3, 0.4) is 0 Å². The standard InChI is InChI=1S/C24H19N3O3S/c1-17(28)27(21-10-3-2-4-11-21)24-26-20(16-31-24)15-30-22(29)13-12-19-8-5-7-18-9-6-14-25-23(18)19/h2-14,16H,15H2,1H3/b13-12+. The van der Waals surface area contributed by atoms with Crippen LogP contribution in [0.2, 0.25) is 0 Å². The number of rotatable bonds is 6. The number of pyridine rings is 1. The molecule has 0 N–H and O–H groups in total. The quantitative estimate of drug-likeness (QED) is 0.314. The number of thiazole rings is 1. The van der Waals surface area contributed by atoms with E-state index in [4.69, 9.17) is 4.74 Å². The van der Waals surface area contributed by atoms with Gasteiger partial charge in [-0.25, -0.2) is 9.78 Å². The highest BCUT2D eigenvalue weighted by Crippen LogP contribution is 2.28. The van der Waals surface area contributed by atoms with Crippen LogP contribution in [0, 0.1) is 0 Å². The van der Waals surface area contributed by atoms with Crippen LogP contribution in [0.15, 0.2) is 78.3 Å². The van der Waals surface area contributed by atoms with Crippen molar-refractivity contribution in [3.8, 4) is 0 Å². The number of amides is 1. The first kappa shape index (κ1) is 20.4. The maximum atomic E-state index is 12.2. The number of carbonyl (C=O) groups is 2. The summed E-state index contributed by atoms with van der Waals surface area (Å²) in [5, 5.41) is 3.31. The lowest BCUT2D eigenvalue weighted by Crippen LogP contribution is -2.22. The first-order chi connectivity index (χ1) is 15.1. The molecule has 0 unspecified atom stereocenters.